The lowest BCUT2D eigenvalue weighted by Crippen LogP contribution is -2.49. The third-order valence-electron chi connectivity index (χ3n) is 6.99. The third kappa shape index (κ3) is 10.7. The highest BCUT2D eigenvalue weighted by atomic mass is 32.2. The molecule has 16 heteroatoms. The molecule has 1 aliphatic carbocycles. The maximum Gasteiger partial charge on any atom is 0.414 e. The SMILES string of the molecule is O=C(O)C(=O)O.O=c1c(NCCCCCCS(=O)(=O)N(ON2CCOCC2)C2CCCCC2)c(Nc2ccncc2)c1=O. The van der Waals surface area contributed by atoms with Crippen LogP contribution in [0.1, 0.15) is 57.8 Å². The van der Waals surface area contributed by atoms with Gasteiger partial charge in [-0.1, -0.05) is 36.6 Å². The van der Waals surface area contributed by atoms with Crippen molar-refractivity contribution in [2.45, 2.75) is 63.8 Å². The molecule has 0 atom stereocenters. The van der Waals surface area contributed by atoms with Gasteiger partial charge in [0.2, 0.25) is 10.0 Å². The largest absolute Gasteiger partial charge is 0.473 e. The van der Waals surface area contributed by atoms with Crippen LogP contribution >= 0.6 is 0 Å². The first kappa shape index (κ1) is 34.1. The van der Waals surface area contributed by atoms with Gasteiger partial charge in [-0.2, -0.15) is 10.0 Å². The minimum absolute atomic E-state index is 0.0411. The van der Waals surface area contributed by atoms with Crippen molar-refractivity contribution in [3.63, 3.8) is 0 Å². The number of hydroxylamine groups is 3. The molecule has 0 bridgehead atoms. The van der Waals surface area contributed by atoms with E-state index in [-0.39, 0.29) is 17.5 Å². The number of aliphatic carboxylic acids is 2. The predicted molar refractivity (Wildman–Crippen MR) is 157 cm³/mol. The second-order valence-electron chi connectivity index (χ2n) is 10.2. The molecule has 0 spiro atoms. The Morgan fingerprint density at radius 3 is 2.19 bits per heavy atom. The first-order valence-electron chi connectivity index (χ1n) is 14.3. The summed E-state index contributed by atoms with van der Waals surface area (Å²) in [5, 5.41) is 22.5. The number of carbonyl (C=O) groups is 2. The van der Waals surface area contributed by atoms with Crippen molar-refractivity contribution in [2.24, 2.45) is 0 Å². The van der Waals surface area contributed by atoms with E-state index >= 15 is 0 Å². The molecule has 2 aliphatic rings. The number of morpholine rings is 1. The number of nitrogens with zero attached hydrogens (tertiary/aromatic N) is 3. The number of pyridine rings is 1. The van der Waals surface area contributed by atoms with Crippen LogP contribution in [0.5, 0.6) is 0 Å². The van der Waals surface area contributed by atoms with Gasteiger partial charge in [0.05, 0.1) is 25.0 Å². The molecule has 238 valence electrons. The molecule has 0 radical (unpaired) electrons. The quantitative estimate of drug-likeness (QED) is 0.134. The first-order chi connectivity index (χ1) is 20.6. The number of sulfonamides is 1. The summed E-state index contributed by atoms with van der Waals surface area (Å²) in [7, 11) is -3.56. The number of nitrogens with one attached hydrogen (secondary N) is 2. The van der Waals surface area contributed by atoms with Gasteiger partial charge in [0, 0.05) is 37.7 Å². The molecule has 1 saturated heterocycles. The van der Waals surface area contributed by atoms with E-state index in [0.717, 1.165) is 51.4 Å². The van der Waals surface area contributed by atoms with Crippen molar-refractivity contribution in [3.8, 4) is 0 Å². The lowest BCUT2D eigenvalue weighted by Gasteiger charge is -2.36. The zero-order valence-electron chi connectivity index (χ0n) is 23.9. The van der Waals surface area contributed by atoms with Crippen LogP contribution in [-0.2, 0) is 29.3 Å². The Morgan fingerprint density at radius 2 is 1.56 bits per heavy atom. The molecule has 2 heterocycles. The predicted octanol–water partition coefficient (Wildman–Crippen LogP) is 1.69. The van der Waals surface area contributed by atoms with Crippen molar-refractivity contribution in [1.29, 1.82) is 0 Å². The average molecular weight is 626 g/mol. The molecule has 0 unspecified atom stereocenters. The van der Waals surface area contributed by atoms with Gasteiger partial charge in [-0.3, -0.25) is 14.6 Å². The average Bonchev–Trinajstić information content (AvgIpc) is 3.01. The number of hydrogen-bond donors (Lipinski definition) is 4. The number of carboxylic acids is 2. The Hall–Kier alpha value is -3.44. The van der Waals surface area contributed by atoms with Gasteiger partial charge >= 0.3 is 11.9 Å². The lowest BCUT2D eigenvalue weighted by atomic mass is 9.96. The second kappa shape index (κ2) is 17.0. The van der Waals surface area contributed by atoms with E-state index in [4.69, 9.17) is 29.5 Å². The Kier molecular flexibility index (Phi) is 13.5. The molecule has 1 aromatic carbocycles. The lowest BCUT2D eigenvalue weighted by molar-refractivity contribution is -0.312. The number of hydrogen-bond acceptors (Lipinski definition) is 12. The Bertz CT molecular complexity index is 1340. The van der Waals surface area contributed by atoms with E-state index < -0.39 is 32.8 Å². The second-order valence-corrected chi connectivity index (χ2v) is 12.1. The number of ether oxygens (including phenoxy) is 1. The van der Waals surface area contributed by atoms with Crippen LogP contribution in [0.3, 0.4) is 0 Å². The van der Waals surface area contributed by atoms with Crippen molar-refractivity contribution >= 4 is 39.0 Å². The molecule has 1 saturated carbocycles. The van der Waals surface area contributed by atoms with Crippen LogP contribution in [0.4, 0.5) is 17.1 Å². The van der Waals surface area contributed by atoms with Crippen LogP contribution < -0.4 is 21.5 Å². The molecular formula is C27H39N5O10S. The minimum atomic E-state index is -3.56. The Morgan fingerprint density at radius 1 is 0.953 bits per heavy atom. The summed E-state index contributed by atoms with van der Waals surface area (Å²) in [6.45, 7) is 2.69. The van der Waals surface area contributed by atoms with Gasteiger partial charge in [0.1, 0.15) is 11.4 Å². The molecule has 4 N–H and O–H groups in total. The van der Waals surface area contributed by atoms with Gasteiger partial charge in [-0.25, -0.2) is 18.0 Å². The number of rotatable bonds is 14. The molecule has 0 amide bonds. The highest BCUT2D eigenvalue weighted by Gasteiger charge is 2.34. The van der Waals surface area contributed by atoms with E-state index in [0.29, 0.717) is 50.6 Å². The highest BCUT2D eigenvalue weighted by molar-refractivity contribution is 7.88. The summed E-state index contributed by atoms with van der Waals surface area (Å²) >= 11 is 0. The van der Waals surface area contributed by atoms with Crippen molar-refractivity contribution in [1.82, 2.24) is 14.5 Å². The van der Waals surface area contributed by atoms with Crippen LogP contribution in [-0.4, -0.2) is 89.7 Å². The van der Waals surface area contributed by atoms with Gasteiger partial charge in [-0.05, 0) is 37.8 Å². The summed E-state index contributed by atoms with van der Waals surface area (Å²) in [5.41, 5.74) is 0.196. The van der Waals surface area contributed by atoms with Crippen molar-refractivity contribution in [2.75, 3.05) is 49.2 Å². The van der Waals surface area contributed by atoms with Crippen LogP contribution in [0.15, 0.2) is 34.1 Å². The molecular weight excluding hydrogens is 586 g/mol. The Balaban J connectivity index is 0.000000765. The molecule has 2 aromatic rings. The highest BCUT2D eigenvalue weighted by Crippen LogP contribution is 2.27. The van der Waals surface area contributed by atoms with E-state index in [1.807, 2.05) is 0 Å². The van der Waals surface area contributed by atoms with Gasteiger partial charge in [-0.15, -0.1) is 0 Å². The summed E-state index contributed by atoms with van der Waals surface area (Å²) in [6, 6.07) is 3.32. The third-order valence-corrected chi connectivity index (χ3v) is 8.70. The van der Waals surface area contributed by atoms with Gasteiger partial charge in [0.15, 0.2) is 0 Å². The number of aromatic nitrogens is 1. The molecule has 1 aliphatic heterocycles. The zero-order valence-corrected chi connectivity index (χ0v) is 24.7. The van der Waals surface area contributed by atoms with E-state index in [1.165, 1.54) is 4.47 Å². The number of anilines is 3. The van der Waals surface area contributed by atoms with Crippen LogP contribution in [0.25, 0.3) is 0 Å². The number of unbranched alkanes of at least 4 members (excludes halogenated alkanes) is 3. The fourth-order valence-corrected chi connectivity index (χ4v) is 6.31. The normalized spacial score (nSPS) is 16.4. The first-order valence-corrected chi connectivity index (χ1v) is 15.9. The van der Waals surface area contributed by atoms with E-state index in [1.54, 1.807) is 29.6 Å². The fourth-order valence-electron chi connectivity index (χ4n) is 4.70. The van der Waals surface area contributed by atoms with Gasteiger partial charge < -0.3 is 25.6 Å². The standard InChI is InChI=1S/C25H37N5O6S.C2H2O4/c31-24-22(23(25(24)32)28-20-10-13-26-14-11-20)27-12-6-1-2-7-19-37(33,34)30(21-8-4-3-5-9-21)36-29-15-17-35-18-16-29;3-1(4)2(5)6/h10-11,13-14,21,27H,1-9,12,15-19H2,(H,26,28);(H,3,4)(H,5,6). The smallest absolute Gasteiger partial charge is 0.414 e. The monoisotopic (exact) mass is 625 g/mol. The molecule has 15 nitrogen and oxygen atoms in total. The topological polar surface area (TPSA) is 205 Å². The fraction of sp³-hybridized carbons (Fsp3) is 0.593. The molecule has 43 heavy (non-hydrogen) atoms. The maximum atomic E-state index is 13.2. The van der Waals surface area contributed by atoms with Crippen molar-refractivity contribution < 1.29 is 37.9 Å². The molecule has 4 rings (SSSR count). The summed E-state index contributed by atoms with van der Waals surface area (Å²) in [6.07, 6.45) is 10.8. The Labute approximate surface area is 249 Å². The zero-order chi connectivity index (χ0) is 31.2. The van der Waals surface area contributed by atoms with E-state index in [9.17, 15) is 18.0 Å². The summed E-state index contributed by atoms with van der Waals surface area (Å²) < 4.78 is 33.1. The van der Waals surface area contributed by atoms with E-state index in [2.05, 4.69) is 15.6 Å². The molecule has 1 aromatic heterocycles. The van der Waals surface area contributed by atoms with Crippen molar-refractivity contribution in [3.05, 3.63) is 45.0 Å². The maximum absolute atomic E-state index is 13.2. The summed E-state index contributed by atoms with van der Waals surface area (Å²) in [5.74, 6) is -3.61. The number of carboxylic acid groups (broad SMARTS) is 2. The van der Waals surface area contributed by atoms with Gasteiger partial charge in [0.25, 0.3) is 10.9 Å². The molecule has 2 fully saturated rings. The summed E-state index contributed by atoms with van der Waals surface area (Å²) in [4.78, 5) is 51.9. The van der Waals surface area contributed by atoms with Crippen LogP contribution in [0, 0.1) is 0 Å². The minimum Gasteiger partial charge on any atom is -0.473 e. The van der Waals surface area contributed by atoms with Crippen LogP contribution in [0.2, 0.25) is 0 Å².